The van der Waals surface area contributed by atoms with Gasteiger partial charge in [-0.05, 0) is 47.7 Å². The van der Waals surface area contributed by atoms with Crippen molar-refractivity contribution in [3.8, 4) is 22.9 Å². The van der Waals surface area contributed by atoms with Crippen LogP contribution in [0.3, 0.4) is 0 Å². The Morgan fingerprint density at radius 1 is 0.806 bits per heavy atom. The summed E-state index contributed by atoms with van der Waals surface area (Å²) in [7, 11) is 0. The Kier molecular flexibility index (Phi) is 5.64. The second-order valence-corrected chi connectivity index (χ2v) is 7.30. The Bertz CT molecular complexity index is 1230. The molecule has 5 heteroatoms. The smallest absolute Gasteiger partial charge is 0.322 e. The lowest BCUT2D eigenvalue weighted by Gasteiger charge is -2.12. The van der Waals surface area contributed by atoms with Crippen LogP contribution < -0.4 is 0 Å². The Morgan fingerprint density at radius 2 is 1.55 bits per heavy atom. The molecule has 2 nitrogen and oxygen atoms in total. The molecular weight excluding hydrogens is 397 g/mol. The topological polar surface area (TPSA) is 28.7 Å². The van der Waals surface area contributed by atoms with E-state index in [9.17, 15) is 18.4 Å². The molecule has 0 fully saturated rings. The van der Waals surface area contributed by atoms with Gasteiger partial charge in [-0.3, -0.25) is 0 Å². The third kappa shape index (κ3) is 4.54. The van der Waals surface area contributed by atoms with E-state index in [-0.39, 0.29) is 12.0 Å². The molecule has 0 saturated heterocycles. The van der Waals surface area contributed by atoms with Gasteiger partial charge in [0.1, 0.15) is 6.07 Å². The van der Waals surface area contributed by atoms with Crippen LogP contribution in [0.15, 0.2) is 91.3 Å². The standard InChI is InChI=1S/C26H19F3N2/c27-26(28,29)25-12-5-4-8-20(25)14-13-19-7-6-9-21(15-19)24-18-31(17-22(24)16-30)23-10-2-1-3-11-23/h1-12,15,17-18H,13-14H2. The molecular formula is C26H19F3N2. The highest BCUT2D eigenvalue weighted by molar-refractivity contribution is 5.71. The molecule has 154 valence electrons. The van der Waals surface area contributed by atoms with E-state index in [2.05, 4.69) is 6.07 Å². The van der Waals surface area contributed by atoms with Gasteiger partial charge in [-0.25, -0.2) is 0 Å². The largest absolute Gasteiger partial charge is 0.416 e. The summed E-state index contributed by atoms with van der Waals surface area (Å²) in [6.07, 6.45) is 0.0981. The Balaban J connectivity index is 1.61. The zero-order chi connectivity index (χ0) is 21.8. The number of rotatable bonds is 5. The Hall–Kier alpha value is -3.78. The molecule has 0 aliphatic rings. The van der Waals surface area contributed by atoms with Gasteiger partial charge in [0.05, 0.1) is 11.1 Å². The second kappa shape index (κ2) is 8.53. The molecule has 0 amide bonds. The number of alkyl halides is 3. The minimum absolute atomic E-state index is 0.286. The predicted molar refractivity (Wildman–Crippen MR) is 115 cm³/mol. The molecule has 0 spiro atoms. The SMILES string of the molecule is N#Cc1cn(-c2ccccc2)cc1-c1cccc(CCc2ccccc2C(F)(F)F)c1. The Morgan fingerprint density at radius 3 is 2.29 bits per heavy atom. The minimum atomic E-state index is -4.36. The molecule has 1 aromatic heterocycles. The first-order valence-electron chi connectivity index (χ1n) is 9.87. The highest BCUT2D eigenvalue weighted by atomic mass is 19.4. The summed E-state index contributed by atoms with van der Waals surface area (Å²) in [6.45, 7) is 0. The molecule has 0 radical (unpaired) electrons. The number of nitriles is 1. The van der Waals surface area contributed by atoms with Gasteiger partial charge in [0, 0.05) is 23.6 Å². The van der Waals surface area contributed by atoms with Gasteiger partial charge in [-0.15, -0.1) is 0 Å². The third-order valence-electron chi connectivity index (χ3n) is 5.25. The quantitative estimate of drug-likeness (QED) is 0.351. The van der Waals surface area contributed by atoms with Crippen LogP contribution in [0.2, 0.25) is 0 Å². The monoisotopic (exact) mass is 416 g/mol. The van der Waals surface area contributed by atoms with Crippen molar-refractivity contribution in [2.24, 2.45) is 0 Å². The molecule has 0 atom stereocenters. The first-order chi connectivity index (χ1) is 15.0. The molecule has 0 aliphatic carbocycles. The van der Waals surface area contributed by atoms with Crippen molar-refractivity contribution < 1.29 is 13.2 Å². The van der Waals surface area contributed by atoms with Gasteiger partial charge in [0.25, 0.3) is 0 Å². The maximum atomic E-state index is 13.3. The number of aromatic nitrogens is 1. The first-order valence-corrected chi connectivity index (χ1v) is 9.87. The van der Waals surface area contributed by atoms with Crippen LogP contribution >= 0.6 is 0 Å². The van der Waals surface area contributed by atoms with Crippen LogP contribution in [-0.4, -0.2) is 4.57 Å². The number of hydrogen-bond acceptors (Lipinski definition) is 1. The number of halogens is 3. The molecule has 4 aromatic rings. The van der Waals surface area contributed by atoms with Crippen LogP contribution in [0.4, 0.5) is 13.2 Å². The number of para-hydroxylation sites is 1. The average molecular weight is 416 g/mol. The van der Waals surface area contributed by atoms with Gasteiger partial charge in [-0.2, -0.15) is 18.4 Å². The van der Waals surface area contributed by atoms with Crippen molar-refractivity contribution in [3.05, 3.63) is 114 Å². The summed E-state index contributed by atoms with van der Waals surface area (Å²) in [4.78, 5) is 0. The summed E-state index contributed by atoms with van der Waals surface area (Å²) in [6, 6.07) is 25.3. The lowest BCUT2D eigenvalue weighted by Crippen LogP contribution is -2.09. The van der Waals surface area contributed by atoms with E-state index in [1.807, 2.05) is 65.4 Å². The second-order valence-electron chi connectivity index (χ2n) is 7.30. The summed E-state index contributed by atoms with van der Waals surface area (Å²) in [5, 5.41) is 9.60. The molecule has 0 bridgehead atoms. The van der Waals surface area contributed by atoms with E-state index < -0.39 is 11.7 Å². The van der Waals surface area contributed by atoms with Crippen LogP contribution in [0.5, 0.6) is 0 Å². The molecule has 0 N–H and O–H groups in total. The van der Waals surface area contributed by atoms with E-state index >= 15 is 0 Å². The van der Waals surface area contributed by atoms with Crippen molar-refractivity contribution in [2.45, 2.75) is 19.0 Å². The normalized spacial score (nSPS) is 11.3. The lowest BCUT2D eigenvalue weighted by molar-refractivity contribution is -0.138. The molecule has 0 unspecified atom stereocenters. The van der Waals surface area contributed by atoms with Gasteiger partial charge in [0.2, 0.25) is 0 Å². The molecule has 0 saturated carbocycles. The van der Waals surface area contributed by atoms with E-state index in [4.69, 9.17) is 0 Å². The highest BCUT2D eigenvalue weighted by Gasteiger charge is 2.32. The van der Waals surface area contributed by atoms with E-state index in [1.54, 1.807) is 12.3 Å². The van der Waals surface area contributed by atoms with Crippen LogP contribution in [0.1, 0.15) is 22.3 Å². The molecule has 0 aliphatic heterocycles. The summed E-state index contributed by atoms with van der Waals surface area (Å²) in [5.41, 5.74) is 3.78. The lowest BCUT2D eigenvalue weighted by atomic mass is 9.97. The third-order valence-corrected chi connectivity index (χ3v) is 5.25. The van der Waals surface area contributed by atoms with Crippen LogP contribution in [0, 0.1) is 11.3 Å². The maximum Gasteiger partial charge on any atom is 0.416 e. The highest BCUT2D eigenvalue weighted by Crippen LogP contribution is 2.33. The fraction of sp³-hybridized carbons (Fsp3) is 0.115. The molecule has 4 rings (SSSR count). The summed E-state index contributed by atoms with van der Waals surface area (Å²) >= 11 is 0. The minimum Gasteiger partial charge on any atom is -0.322 e. The van der Waals surface area contributed by atoms with Crippen molar-refractivity contribution >= 4 is 0 Å². The molecule has 3 aromatic carbocycles. The van der Waals surface area contributed by atoms with Crippen LogP contribution in [0.25, 0.3) is 16.8 Å². The van der Waals surface area contributed by atoms with Gasteiger partial charge >= 0.3 is 6.18 Å². The number of nitrogens with zero attached hydrogens (tertiary/aromatic N) is 2. The van der Waals surface area contributed by atoms with Crippen molar-refractivity contribution in [1.82, 2.24) is 4.57 Å². The van der Waals surface area contributed by atoms with Crippen molar-refractivity contribution in [2.75, 3.05) is 0 Å². The average Bonchev–Trinajstić information content (AvgIpc) is 3.23. The van der Waals surface area contributed by atoms with Gasteiger partial charge < -0.3 is 4.57 Å². The molecule has 31 heavy (non-hydrogen) atoms. The van der Waals surface area contributed by atoms with Gasteiger partial charge in [-0.1, -0.05) is 60.7 Å². The fourth-order valence-corrected chi connectivity index (χ4v) is 3.71. The van der Waals surface area contributed by atoms with E-state index in [1.165, 1.54) is 12.1 Å². The van der Waals surface area contributed by atoms with E-state index in [0.29, 0.717) is 12.0 Å². The molecule has 1 heterocycles. The van der Waals surface area contributed by atoms with Crippen LogP contribution in [-0.2, 0) is 19.0 Å². The maximum absolute atomic E-state index is 13.3. The first kappa shape index (κ1) is 20.5. The van der Waals surface area contributed by atoms with Gasteiger partial charge in [0.15, 0.2) is 0 Å². The zero-order valence-corrected chi connectivity index (χ0v) is 16.6. The van der Waals surface area contributed by atoms with Crippen molar-refractivity contribution in [3.63, 3.8) is 0 Å². The predicted octanol–water partition coefficient (Wildman–Crippen LogP) is 6.82. The van der Waals surface area contributed by atoms with Crippen molar-refractivity contribution in [1.29, 1.82) is 5.26 Å². The summed E-state index contributed by atoms with van der Waals surface area (Å²) < 4.78 is 41.7. The number of benzene rings is 3. The fourth-order valence-electron chi connectivity index (χ4n) is 3.71. The van der Waals surface area contributed by atoms with E-state index in [0.717, 1.165) is 28.4 Å². The Labute approximate surface area is 178 Å². The number of aryl methyl sites for hydroxylation is 2. The zero-order valence-electron chi connectivity index (χ0n) is 16.6. The summed E-state index contributed by atoms with van der Waals surface area (Å²) in [5.74, 6) is 0. The number of hydrogen-bond donors (Lipinski definition) is 0.